The topological polar surface area (TPSA) is 44.1 Å². The van der Waals surface area contributed by atoms with E-state index in [0.29, 0.717) is 6.61 Å². The summed E-state index contributed by atoms with van der Waals surface area (Å²) in [6.45, 7) is 6.17. The van der Waals surface area contributed by atoms with Crippen molar-refractivity contribution in [3.05, 3.63) is 52.8 Å². The number of ether oxygens (including phenoxy) is 1. The third-order valence-electron chi connectivity index (χ3n) is 3.38. The Morgan fingerprint density at radius 2 is 1.85 bits per heavy atom. The largest absolute Gasteiger partial charge is 0.448 e. The highest BCUT2D eigenvalue weighted by Gasteiger charge is 2.13. The Hall–Kier alpha value is -2.10. The molecule has 1 heterocycles. The van der Waals surface area contributed by atoms with Crippen molar-refractivity contribution in [3.8, 4) is 0 Å². The zero-order valence-electron chi connectivity index (χ0n) is 12.2. The predicted molar refractivity (Wildman–Crippen MR) is 78.0 cm³/mol. The molecular weight excluding hydrogens is 252 g/mol. The van der Waals surface area contributed by atoms with Crippen molar-refractivity contribution in [2.45, 2.75) is 33.6 Å². The van der Waals surface area contributed by atoms with Crippen molar-refractivity contribution in [2.75, 3.05) is 6.61 Å². The lowest BCUT2D eigenvalue weighted by atomic mass is 10.0. The zero-order valence-corrected chi connectivity index (χ0v) is 12.2. The van der Waals surface area contributed by atoms with Crippen LogP contribution >= 0.6 is 0 Å². The lowest BCUT2D eigenvalue weighted by molar-refractivity contribution is 0.150. The maximum atomic E-state index is 11.7. The number of carbonyl (C=O) groups is 1. The van der Waals surface area contributed by atoms with E-state index >= 15 is 0 Å². The Bertz CT molecular complexity index is 585. The number of rotatable bonds is 4. The summed E-state index contributed by atoms with van der Waals surface area (Å²) in [5.74, 6) is 0. The molecule has 0 N–H and O–H groups in total. The number of hydrogen-bond donors (Lipinski definition) is 0. The maximum absolute atomic E-state index is 11.7. The second-order valence-electron chi connectivity index (χ2n) is 4.71. The van der Waals surface area contributed by atoms with Crippen molar-refractivity contribution in [2.24, 2.45) is 0 Å². The quantitative estimate of drug-likeness (QED) is 0.857. The molecule has 1 aromatic carbocycles. The molecule has 20 heavy (non-hydrogen) atoms. The van der Waals surface area contributed by atoms with Crippen LogP contribution in [0.1, 0.15) is 36.2 Å². The van der Waals surface area contributed by atoms with Gasteiger partial charge >= 0.3 is 6.09 Å². The summed E-state index contributed by atoms with van der Waals surface area (Å²) in [6.07, 6.45) is 3.13. The van der Waals surface area contributed by atoms with E-state index in [1.54, 1.807) is 13.1 Å². The molecule has 0 spiro atoms. The first-order chi connectivity index (χ1) is 9.65. The zero-order chi connectivity index (χ0) is 14.5. The molecule has 0 radical (unpaired) electrons. The summed E-state index contributed by atoms with van der Waals surface area (Å²) in [7, 11) is 0. The Balaban J connectivity index is 2.15. The second kappa shape index (κ2) is 6.37. The van der Waals surface area contributed by atoms with Gasteiger partial charge in [0.15, 0.2) is 0 Å². The van der Waals surface area contributed by atoms with Gasteiger partial charge in [0.1, 0.15) is 0 Å². The van der Waals surface area contributed by atoms with Crippen molar-refractivity contribution in [1.29, 1.82) is 0 Å². The van der Waals surface area contributed by atoms with Gasteiger partial charge in [0.25, 0.3) is 0 Å². The van der Waals surface area contributed by atoms with Crippen molar-refractivity contribution < 1.29 is 9.53 Å². The number of hydrogen-bond acceptors (Lipinski definition) is 3. The Morgan fingerprint density at radius 1 is 1.20 bits per heavy atom. The SMILES string of the molecule is CCOC(=O)n1ncc(Cc2ccc(CC)cc2)c1C. The molecule has 0 atom stereocenters. The summed E-state index contributed by atoms with van der Waals surface area (Å²) >= 11 is 0. The molecule has 0 fully saturated rings. The number of nitrogens with zero attached hydrogens (tertiary/aromatic N) is 2. The highest BCUT2D eigenvalue weighted by molar-refractivity contribution is 5.70. The summed E-state index contributed by atoms with van der Waals surface area (Å²) in [4.78, 5) is 11.7. The van der Waals surface area contributed by atoms with E-state index in [1.165, 1.54) is 15.8 Å². The first-order valence-corrected chi connectivity index (χ1v) is 6.94. The van der Waals surface area contributed by atoms with Crippen LogP contribution in [0.15, 0.2) is 30.5 Å². The normalized spacial score (nSPS) is 10.6. The number of aromatic nitrogens is 2. The Morgan fingerprint density at radius 3 is 2.45 bits per heavy atom. The minimum atomic E-state index is -0.419. The number of carbonyl (C=O) groups excluding carboxylic acids is 1. The summed E-state index contributed by atoms with van der Waals surface area (Å²) < 4.78 is 6.28. The fourth-order valence-corrected chi connectivity index (χ4v) is 2.10. The van der Waals surface area contributed by atoms with E-state index in [4.69, 9.17) is 4.74 Å². The van der Waals surface area contributed by atoms with Gasteiger partial charge in [-0.1, -0.05) is 31.2 Å². The van der Waals surface area contributed by atoms with Crippen LogP contribution in [-0.4, -0.2) is 22.5 Å². The van der Waals surface area contributed by atoms with E-state index in [-0.39, 0.29) is 0 Å². The molecule has 0 aliphatic rings. The van der Waals surface area contributed by atoms with Crippen LogP contribution in [0, 0.1) is 6.92 Å². The van der Waals surface area contributed by atoms with Gasteiger partial charge in [-0.2, -0.15) is 9.78 Å². The van der Waals surface area contributed by atoms with E-state index < -0.39 is 6.09 Å². The standard InChI is InChI=1S/C16H20N2O2/c1-4-13-6-8-14(9-7-13)10-15-11-17-18(12(15)3)16(19)20-5-2/h6-9,11H,4-5,10H2,1-3H3. The van der Waals surface area contributed by atoms with Crippen LogP contribution < -0.4 is 0 Å². The molecule has 2 aromatic rings. The summed E-state index contributed by atoms with van der Waals surface area (Å²) in [5, 5.41) is 4.11. The smallest absolute Gasteiger partial charge is 0.434 e. The fourth-order valence-electron chi connectivity index (χ4n) is 2.10. The molecular formula is C16H20N2O2. The van der Waals surface area contributed by atoms with E-state index in [9.17, 15) is 4.79 Å². The van der Waals surface area contributed by atoms with E-state index in [1.807, 2.05) is 6.92 Å². The highest BCUT2D eigenvalue weighted by atomic mass is 16.5. The first kappa shape index (κ1) is 14.3. The molecule has 0 aliphatic heterocycles. The average molecular weight is 272 g/mol. The third-order valence-corrected chi connectivity index (χ3v) is 3.38. The fraction of sp³-hybridized carbons (Fsp3) is 0.375. The molecule has 0 saturated heterocycles. The van der Waals surface area contributed by atoms with E-state index in [2.05, 4.69) is 36.3 Å². The third kappa shape index (κ3) is 3.07. The molecule has 4 heteroatoms. The molecule has 0 bridgehead atoms. The van der Waals surface area contributed by atoms with Crippen molar-refractivity contribution in [1.82, 2.24) is 9.78 Å². The van der Waals surface area contributed by atoms with Gasteiger partial charge in [-0.15, -0.1) is 0 Å². The summed E-state index contributed by atoms with van der Waals surface area (Å²) in [6, 6.07) is 8.53. The predicted octanol–water partition coefficient (Wildman–Crippen LogP) is 3.35. The molecule has 106 valence electrons. The minimum Gasteiger partial charge on any atom is -0.448 e. The molecule has 2 rings (SSSR count). The number of aryl methyl sites for hydroxylation is 1. The van der Waals surface area contributed by atoms with Crippen LogP contribution in [-0.2, 0) is 17.6 Å². The second-order valence-corrected chi connectivity index (χ2v) is 4.71. The van der Waals surface area contributed by atoms with Gasteiger partial charge in [-0.3, -0.25) is 0 Å². The molecule has 4 nitrogen and oxygen atoms in total. The monoisotopic (exact) mass is 272 g/mol. The Labute approximate surface area is 119 Å². The molecule has 1 aromatic heterocycles. The van der Waals surface area contributed by atoms with Crippen LogP contribution in [0.4, 0.5) is 4.79 Å². The van der Waals surface area contributed by atoms with Crippen LogP contribution in [0.25, 0.3) is 0 Å². The molecule has 0 unspecified atom stereocenters. The van der Waals surface area contributed by atoms with Crippen LogP contribution in [0.2, 0.25) is 0 Å². The van der Waals surface area contributed by atoms with Gasteiger partial charge in [-0.25, -0.2) is 4.79 Å². The molecule has 0 saturated carbocycles. The highest BCUT2D eigenvalue weighted by Crippen LogP contribution is 2.15. The molecule has 0 aliphatic carbocycles. The lowest BCUT2D eigenvalue weighted by Crippen LogP contribution is -2.16. The summed E-state index contributed by atoms with van der Waals surface area (Å²) in [5.41, 5.74) is 4.42. The first-order valence-electron chi connectivity index (χ1n) is 6.94. The van der Waals surface area contributed by atoms with E-state index in [0.717, 1.165) is 24.1 Å². The van der Waals surface area contributed by atoms with Gasteiger partial charge in [0, 0.05) is 6.42 Å². The van der Waals surface area contributed by atoms with Crippen LogP contribution in [0.3, 0.4) is 0 Å². The lowest BCUT2D eigenvalue weighted by Gasteiger charge is -2.05. The van der Waals surface area contributed by atoms with Gasteiger partial charge in [0.05, 0.1) is 18.5 Å². The Kier molecular flexibility index (Phi) is 4.56. The molecule has 0 amide bonds. The van der Waals surface area contributed by atoms with Gasteiger partial charge in [0.2, 0.25) is 0 Å². The maximum Gasteiger partial charge on any atom is 0.434 e. The minimum absolute atomic E-state index is 0.353. The average Bonchev–Trinajstić information content (AvgIpc) is 2.81. The number of benzene rings is 1. The van der Waals surface area contributed by atoms with Crippen LogP contribution in [0.5, 0.6) is 0 Å². The van der Waals surface area contributed by atoms with Gasteiger partial charge in [-0.05, 0) is 37.0 Å². The van der Waals surface area contributed by atoms with Crippen molar-refractivity contribution in [3.63, 3.8) is 0 Å². The van der Waals surface area contributed by atoms with Gasteiger partial charge < -0.3 is 4.74 Å². The van der Waals surface area contributed by atoms with Crippen molar-refractivity contribution >= 4 is 6.09 Å².